The first-order valence-electron chi connectivity index (χ1n) is 9.69. The first kappa shape index (κ1) is 21.7. The summed E-state index contributed by atoms with van der Waals surface area (Å²) in [7, 11) is 0. The van der Waals surface area contributed by atoms with Crippen LogP contribution in [0.1, 0.15) is 47.0 Å². The second kappa shape index (κ2) is 7.36. The van der Waals surface area contributed by atoms with Gasteiger partial charge in [-0.15, -0.1) is 0 Å². The number of esters is 2. The molecule has 160 valence electrons. The minimum atomic E-state index is -1.85. The largest absolute Gasteiger partial charge is 0.454 e. The Bertz CT molecular complexity index is 807. The summed E-state index contributed by atoms with van der Waals surface area (Å²) in [6.07, 6.45) is 0.890. The highest BCUT2D eigenvalue weighted by Gasteiger charge is 2.58. The molecule has 1 saturated heterocycles. The number of carbonyl (C=O) groups excluding carboxylic acids is 2. The van der Waals surface area contributed by atoms with Crippen LogP contribution in [-0.4, -0.2) is 58.5 Å². The molecule has 2 N–H and O–H groups in total. The van der Waals surface area contributed by atoms with Crippen LogP contribution in [-0.2, 0) is 28.5 Å². The third-order valence-corrected chi connectivity index (χ3v) is 5.63. The van der Waals surface area contributed by atoms with Crippen molar-refractivity contribution in [3.05, 3.63) is 35.1 Å². The van der Waals surface area contributed by atoms with Gasteiger partial charge in [-0.25, -0.2) is 9.59 Å². The van der Waals surface area contributed by atoms with Crippen LogP contribution in [0.5, 0.6) is 0 Å². The van der Waals surface area contributed by atoms with Crippen LogP contribution >= 0.6 is 0 Å². The highest BCUT2D eigenvalue weighted by atomic mass is 16.7. The lowest BCUT2D eigenvalue weighted by Gasteiger charge is -2.40. The number of rotatable bonds is 5. The van der Waals surface area contributed by atoms with Gasteiger partial charge in [0.25, 0.3) is 0 Å². The summed E-state index contributed by atoms with van der Waals surface area (Å²) in [5.41, 5.74) is -2.06. The van der Waals surface area contributed by atoms with Crippen LogP contribution in [0, 0.1) is 0 Å². The molecular weight excluding hydrogens is 380 g/mol. The Morgan fingerprint density at radius 1 is 1.34 bits per heavy atom. The third kappa shape index (κ3) is 3.90. The van der Waals surface area contributed by atoms with Gasteiger partial charge in [-0.05, 0) is 40.2 Å². The van der Waals surface area contributed by atoms with E-state index in [0.717, 1.165) is 0 Å². The lowest BCUT2D eigenvalue weighted by atomic mass is 9.82. The average molecular weight is 408 g/mol. The first-order valence-corrected chi connectivity index (χ1v) is 9.69. The molecule has 3 aliphatic heterocycles. The zero-order valence-electron chi connectivity index (χ0n) is 17.2. The predicted molar refractivity (Wildman–Crippen MR) is 101 cm³/mol. The van der Waals surface area contributed by atoms with E-state index in [4.69, 9.17) is 18.9 Å². The Labute approximate surface area is 169 Å². The molecule has 2 bridgehead atoms. The number of fused-ring (bicyclic) bond motifs is 3. The van der Waals surface area contributed by atoms with Gasteiger partial charge in [-0.1, -0.05) is 6.58 Å². The molecule has 0 spiro atoms. The molecule has 8 nitrogen and oxygen atoms in total. The zero-order valence-corrected chi connectivity index (χ0v) is 17.2. The van der Waals surface area contributed by atoms with Gasteiger partial charge < -0.3 is 29.2 Å². The van der Waals surface area contributed by atoms with Crippen molar-refractivity contribution in [2.75, 3.05) is 13.2 Å². The molecule has 0 aromatic carbocycles. The Kier molecular flexibility index (Phi) is 5.51. The van der Waals surface area contributed by atoms with Crippen molar-refractivity contribution in [1.29, 1.82) is 0 Å². The molecule has 29 heavy (non-hydrogen) atoms. The fraction of sp³-hybridized carbons (Fsp3) is 0.619. The Hall–Kier alpha value is -2.00. The summed E-state index contributed by atoms with van der Waals surface area (Å²) >= 11 is 0. The molecule has 8 heteroatoms. The molecule has 0 aliphatic carbocycles. The number of carbonyl (C=O) groups is 2. The van der Waals surface area contributed by atoms with E-state index in [9.17, 15) is 19.8 Å². The van der Waals surface area contributed by atoms with E-state index in [2.05, 4.69) is 6.58 Å². The smallest absolute Gasteiger partial charge is 0.342 e. The van der Waals surface area contributed by atoms with E-state index in [-0.39, 0.29) is 36.4 Å². The molecule has 0 aromatic rings. The van der Waals surface area contributed by atoms with Crippen LogP contribution in [0.2, 0.25) is 0 Å². The fourth-order valence-electron chi connectivity index (χ4n) is 3.89. The molecule has 0 aromatic heterocycles. The summed E-state index contributed by atoms with van der Waals surface area (Å²) < 4.78 is 22.3. The Balaban J connectivity index is 2.17. The van der Waals surface area contributed by atoms with Gasteiger partial charge >= 0.3 is 11.9 Å². The van der Waals surface area contributed by atoms with Crippen molar-refractivity contribution in [2.24, 2.45) is 0 Å². The second-order valence-electron chi connectivity index (χ2n) is 8.28. The topological polar surface area (TPSA) is 112 Å². The minimum absolute atomic E-state index is 0.0346. The minimum Gasteiger partial charge on any atom is -0.454 e. The SMILES string of the molecule is C=C(C)C(=O)OC1C[C@@](C)(O)[C@]2(O)CC[C@](C)(/C=C3/OC(=O)C(COCC)=C31)O2. The Morgan fingerprint density at radius 2 is 2.03 bits per heavy atom. The van der Waals surface area contributed by atoms with Crippen LogP contribution in [0.25, 0.3) is 0 Å². The van der Waals surface area contributed by atoms with Crippen LogP contribution in [0.3, 0.4) is 0 Å². The van der Waals surface area contributed by atoms with E-state index >= 15 is 0 Å². The van der Waals surface area contributed by atoms with Gasteiger partial charge in [0.2, 0.25) is 0 Å². The maximum atomic E-state index is 12.5. The van der Waals surface area contributed by atoms with Gasteiger partial charge in [0.15, 0.2) is 5.79 Å². The predicted octanol–water partition coefficient (Wildman–Crippen LogP) is 1.66. The van der Waals surface area contributed by atoms with Crippen molar-refractivity contribution < 1.29 is 38.7 Å². The standard InChI is InChI=1S/C21H28O8/c1-6-26-11-13-16-14(28-18(13)23)9-19(4)7-8-21(25,29-19)20(5,24)10-15(16)27-17(22)12(2)3/h9,15,24-25H,2,6-8,10-11H2,1,3-5H3/b14-9+/t15?,19-,20-,21+/m1/s1. The lowest BCUT2D eigenvalue weighted by molar-refractivity contribution is -0.298. The van der Waals surface area contributed by atoms with Gasteiger partial charge in [-0.2, -0.15) is 0 Å². The van der Waals surface area contributed by atoms with Gasteiger partial charge in [0, 0.05) is 30.6 Å². The van der Waals surface area contributed by atoms with Gasteiger partial charge in [0.1, 0.15) is 17.5 Å². The quantitative estimate of drug-likeness (QED) is 0.522. The average Bonchev–Trinajstić information content (AvgIpc) is 3.09. The summed E-state index contributed by atoms with van der Waals surface area (Å²) in [6, 6.07) is 0. The maximum absolute atomic E-state index is 12.5. The van der Waals surface area contributed by atoms with E-state index in [1.807, 2.05) is 0 Å². The number of hydrogen-bond donors (Lipinski definition) is 2. The first-order chi connectivity index (χ1) is 13.4. The highest BCUT2D eigenvalue weighted by molar-refractivity contribution is 5.95. The number of hydrogen-bond acceptors (Lipinski definition) is 8. The molecule has 4 atom stereocenters. The molecule has 3 heterocycles. The third-order valence-electron chi connectivity index (χ3n) is 5.63. The summed E-state index contributed by atoms with van der Waals surface area (Å²) in [5.74, 6) is -2.95. The van der Waals surface area contributed by atoms with Crippen LogP contribution < -0.4 is 0 Å². The van der Waals surface area contributed by atoms with Crippen molar-refractivity contribution >= 4 is 11.9 Å². The monoisotopic (exact) mass is 408 g/mol. The van der Waals surface area contributed by atoms with Crippen molar-refractivity contribution in [1.82, 2.24) is 0 Å². The summed E-state index contributed by atoms with van der Waals surface area (Å²) in [4.78, 5) is 24.8. The summed E-state index contributed by atoms with van der Waals surface area (Å²) in [6.45, 7) is 10.4. The van der Waals surface area contributed by atoms with E-state index in [1.165, 1.54) is 13.8 Å². The molecule has 0 saturated carbocycles. The molecular formula is C21H28O8. The normalized spacial score (nSPS) is 38.3. The number of aliphatic hydroxyl groups is 2. The molecule has 0 amide bonds. The van der Waals surface area contributed by atoms with Crippen LogP contribution in [0.4, 0.5) is 0 Å². The fourth-order valence-corrected chi connectivity index (χ4v) is 3.89. The highest BCUT2D eigenvalue weighted by Crippen LogP contribution is 2.49. The molecule has 1 fully saturated rings. The second-order valence-corrected chi connectivity index (χ2v) is 8.28. The van der Waals surface area contributed by atoms with E-state index < -0.39 is 35.0 Å². The molecule has 3 rings (SSSR count). The van der Waals surface area contributed by atoms with E-state index in [0.29, 0.717) is 18.6 Å². The maximum Gasteiger partial charge on any atom is 0.342 e. The molecule has 0 radical (unpaired) electrons. The van der Waals surface area contributed by atoms with E-state index in [1.54, 1.807) is 19.9 Å². The molecule has 1 unspecified atom stereocenters. The number of ether oxygens (including phenoxy) is 4. The van der Waals surface area contributed by atoms with Crippen LogP contribution in [0.15, 0.2) is 35.1 Å². The zero-order chi connectivity index (χ0) is 21.6. The van der Waals surface area contributed by atoms with Gasteiger partial charge in [-0.3, -0.25) is 0 Å². The van der Waals surface area contributed by atoms with Crippen molar-refractivity contribution in [3.8, 4) is 0 Å². The van der Waals surface area contributed by atoms with Gasteiger partial charge in [0.05, 0.1) is 17.8 Å². The summed E-state index contributed by atoms with van der Waals surface area (Å²) in [5, 5.41) is 22.2. The lowest BCUT2D eigenvalue weighted by Crippen LogP contribution is -2.54. The Morgan fingerprint density at radius 3 is 2.66 bits per heavy atom. The molecule has 3 aliphatic rings. The van der Waals surface area contributed by atoms with Crippen molar-refractivity contribution in [2.45, 2.75) is 70.1 Å². The van der Waals surface area contributed by atoms with Crippen molar-refractivity contribution in [3.63, 3.8) is 0 Å².